The van der Waals surface area contributed by atoms with Crippen LogP contribution in [0.3, 0.4) is 0 Å². The second-order valence-electron chi connectivity index (χ2n) is 5.12. The van der Waals surface area contributed by atoms with E-state index in [9.17, 15) is 9.18 Å². The summed E-state index contributed by atoms with van der Waals surface area (Å²) in [6, 6.07) is 5.15. The first kappa shape index (κ1) is 16.0. The number of halogens is 2. The van der Waals surface area contributed by atoms with Crippen molar-refractivity contribution in [1.82, 2.24) is 15.2 Å². The Balaban J connectivity index is 1.62. The number of likely N-dealkylation sites (tertiary alicyclic amines) is 1. The Labute approximate surface area is 128 Å². The van der Waals surface area contributed by atoms with E-state index in [0.29, 0.717) is 50.1 Å². The highest BCUT2D eigenvalue weighted by atomic mass is 35.5. The van der Waals surface area contributed by atoms with Gasteiger partial charge in [0.2, 0.25) is 12.3 Å². The molecular formula is C14H19ClFN3O2. The predicted molar refractivity (Wildman–Crippen MR) is 78.3 cm³/mol. The lowest BCUT2D eigenvalue weighted by molar-refractivity contribution is -0.120. The lowest BCUT2D eigenvalue weighted by Crippen LogP contribution is -2.47. The molecule has 21 heavy (non-hydrogen) atoms. The summed E-state index contributed by atoms with van der Waals surface area (Å²) in [5.74, 6) is 0.457. The number of hydrogen-bond donors (Lipinski definition) is 1. The Morgan fingerprint density at radius 3 is 2.90 bits per heavy atom. The zero-order chi connectivity index (χ0) is 15.1. The maximum Gasteiger partial charge on any atom is 0.214 e. The lowest BCUT2D eigenvalue weighted by atomic mass is 9.93. The van der Waals surface area contributed by atoms with Crippen molar-refractivity contribution in [2.75, 3.05) is 32.8 Å². The van der Waals surface area contributed by atoms with E-state index in [4.69, 9.17) is 16.3 Å². The van der Waals surface area contributed by atoms with Crippen molar-refractivity contribution >= 4 is 18.0 Å². The van der Waals surface area contributed by atoms with E-state index in [1.54, 1.807) is 23.1 Å². The second kappa shape index (κ2) is 7.56. The van der Waals surface area contributed by atoms with Crippen LogP contribution in [-0.2, 0) is 4.79 Å². The zero-order valence-corrected chi connectivity index (χ0v) is 12.5. The summed E-state index contributed by atoms with van der Waals surface area (Å²) in [5, 5.41) is 3.43. The SMILES string of the molecule is O=CN1CCC(F)(CNCCOc2cccc(Cl)n2)CC1. The molecule has 1 aromatic rings. The Hall–Kier alpha value is -1.40. The van der Waals surface area contributed by atoms with E-state index in [1.807, 2.05) is 0 Å². The molecule has 0 aromatic carbocycles. The van der Waals surface area contributed by atoms with Gasteiger partial charge in [0, 0.05) is 45.1 Å². The third-order valence-electron chi connectivity index (χ3n) is 3.50. The number of carbonyl (C=O) groups is 1. The molecule has 1 aromatic heterocycles. The summed E-state index contributed by atoms with van der Waals surface area (Å²) in [4.78, 5) is 16.2. The number of ether oxygens (including phenoxy) is 1. The van der Waals surface area contributed by atoms with Crippen molar-refractivity contribution in [3.05, 3.63) is 23.4 Å². The molecule has 5 nitrogen and oxygen atoms in total. The summed E-state index contributed by atoms with van der Waals surface area (Å²) < 4.78 is 19.8. The van der Waals surface area contributed by atoms with Gasteiger partial charge in [-0.2, -0.15) is 0 Å². The van der Waals surface area contributed by atoms with Crippen LogP contribution in [-0.4, -0.2) is 54.7 Å². The van der Waals surface area contributed by atoms with Crippen molar-refractivity contribution in [2.24, 2.45) is 0 Å². The van der Waals surface area contributed by atoms with Crippen LogP contribution < -0.4 is 10.1 Å². The normalized spacial score (nSPS) is 17.5. The number of piperidine rings is 1. The van der Waals surface area contributed by atoms with Crippen molar-refractivity contribution in [1.29, 1.82) is 0 Å². The first-order valence-corrected chi connectivity index (χ1v) is 7.33. The molecule has 0 spiro atoms. The molecule has 0 radical (unpaired) electrons. The molecule has 1 aliphatic heterocycles. The van der Waals surface area contributed by atoms with Crippen molar-refractivity contribution in [3.8, 4) is 5.88 Å². The number of hydrogen-bond acceptors (Lipinski definition) is 4. The molecule has 0 aliphatic carbocycles. The van der Waals surface area contributed by atoms with Gasteiger partial charge in [-0.3, -0.25) is 4.79 Å². The average molecular weight is 316 g/mol. The molecule has 0 unspecified atom stereocenters. The molecule has 1 fully saturated rings. The number of amides is 1. The van der Waals surface area contributed by atoms with Gasteiger partial charge in [-0.1, -0.05) is 17.7 Å². The molecule has 0 bridgehead atoms. The van der Waals surface area contributed by atoms with Gasteiger partial charge in [-0.15, -0.1) is 0 Å². The van der Waals surface area contributed by atoms with Gasteiger partial charge in [-0.25, -0.2) is 9.37 Å². The fourth-order valence-electron chi connectivity index (χ4n) is 2.22. The summed E-state index contributed by atoms with van der Waals surface area (Å²) in [6.07, 6.45) is 1.52. The van der Waals surface area contributed by atoms with E-state index in [0.717, 1.165) is 6.41 Å². The van der Waals surface area contributed by atoms with Gasteiger partial charge < -0.3 is 15.0 Å². The predicted octanol–water partition coefficient (Wildman–Crippen LogP) is 1.66. The van der Waals surface area contributed by atoms with Gasteiger partial charge in [-0.05, 0) is 6.07 Å². The Morgan fingerprint density at radius 1 is 1.48 bits per heavy atom. The number of aromatic nitrogens is 1. The Bertz CT molecular complexity index is 467. The molecule has 0 saturated carbocycles. The largest absolute Gasteiger partial charge is 0.476 e. The topological polar surface area (TPSA) is 54.5 Å². The molecule has 1 amide bonds. The summed E-state index contributed by atoms with van der Waals surface area (Å²) >= 11 is 5.74. The van der Waals surface area contributed by atoms with Crippen LogP contribution in [0.2, 0.25) is 5.15 Å². The van der Waals surface area contributed by atoms with Gasteiger partial charge in [0.25, 0.3) is 0 Å². The third-order valence-corrected chi connectivity index (χ3v) is 3.71. The highest BCUT2D eigenvalue weighted by Gasteiger charge is 2.33. The maximum absolute atomic E-state index is 14.4. The lowest BCUT2D eigenvalue weighted by Gasteiger charge is -2.34. The Kier molecular flexibility index (Phi) is 5.76. The minimum atomic E-state index is -1.24. The molecule has 1 N–H and O–H groups in total. The van der Waals surface area contributed by atoms with Crippen molar-refractivity contribution < 1.29 is 13.9 Å². The summed E-state index contributed by atoms with van der Waals surface area (Å²) in [5.41, 5.74) is -1.24. The molecule has 116 valence electrons. The van der Waals surface area contributed by atoms with Crippen LogP contribution in [0.4, 0.5) is 4.39 Å². The number of rotatable bonds is 7. The quantitative estimate of drug-likeness (QED) is 0.472. The van der Waals surface area contributed by atoms with E-state index < -0.39 is 5.67 Å². The van der Waals surface area contributed by atoms with E-state index >= 15 is 0 Å². The maximum atomic E-state index is 14.4. The zero-order valence-electron chi connectivity index (χ0n) is 11.7. The third kappa shape index (κ3) is 5.13. The highest BCUT2D eigenvalue weighted by molar-refractivity contribution is 6.29. The summed E-state index contributed by atoms with van der Waals surface area (Å²) in [6.45, 7) is 2.14. The molecule has 2 rings (SSSR count). The minimum absolute atomic E-state index is 0.270. The van der Waals surface area contributed by atoms with Crippen LogP contribution >= 0.6 is 11.6 Å². The van der Waals surface area contributed by atoms with Crippen LogP contribution in [0.25, 0.3) is 0 Å². The molecule has 0 atom stereocenters. The molecule has 1 saturated heterocycles. The van der Waals surface area contributed by atoms with E-state index in [1.165, 1.54) is 0 Å². The minimum Gasteiger partial charge on any atom is -0.476 e. The number of nitrogens with one attached hydrogen (secondary N) is 1. The highest BCUT2D eigenvalue weighted by Crippen LogP contribution is 2.25. The Morgan fingerprint density at radius 2 is 2.24 bits per heavy atom. The van der Waals surface area contributed by atoms with Gasteiger partial charge in [0.15, 0.2) is 0 Å². The molecule has 7 heteroatoms. The van der Waals surface area contributed by atoms with Crippen LogP contribution in [0, 0.1) is 0 Å². The monoisotopic (exact) mass is 315 g/mol. The molecule has 2 heterocycles. The molecular weight excluding hydrogens is 297 g/mol. The van der Waals surface area contributed by atoms with Gasteiger partial charge in [0.05, 0.1) is 0 Å². The van der Waals surface area contributed by atoms with Crippen LogP contribution in [0.1, 0.15) is 12.8 Å². The summed E-state index contributed by atoms with van der Waals surface area (Å²) in [7, 11) is 0. The van der Waals surface area contributed by atoms with Crippen LogP contribution in [0.5, 0.6) is 5.88 Å². The first-order valence-electron chi connectivity index (χ1n) is 6.96. The van der Waals surface area contributed by atoms with Gasteiger partial charge in [0.1, 0.15) is 17.4 Å². The molecule has 1 aliphatic rings. The fourth-order valence-corrected chi connectivity index (χ4v) is 2.37. The first-order chi connectivity index (χ1) is 10.1. The smallest absolute Gasteiger partial charge is 0.214 e. The van der Waals surface area contributed by atoms with E-state index in [2.05, 4.69) is 10.3 Å². The number of alkyl halides is 1. The standard InChI is InChI=1S/C14H19ClFN3O2/c15-12-2-1-3-13(18-12)21-9-6-17-10-14(16)4-7-19(11-20)8-5-14/h1-3,11,17H,4-10H2. The van der Waals surface area contributed by atoms with Crippen molar-refractivity contribution in [2.45, 2.75) is 18.5 Å². The number of carbonyl (C=O) groups excluding carboxylic acids is 1. The van der Waals surface area contributed by atoms with Crippen LogP contribution in [0.15, 0.2) is 18.2 Å². The van der Waals surface area contributed by atoms with Crippen molar-refractivity contribution in [3.63, 3.8) is 0 Å². The number of pyridine rings is 1. The van der Waals surface area contributed by atoms with Gasteiger partial charge >= 0.3 is 0 Å². The second-order valence-corrected chi connectivity index (χ2v) is 5.50. The number of nitrogens with zero attached hydrogens (tertiary/aromatic N) is 2. The van der Waals surface area contributed by atoms with E-state index in [-0.39, 0.29) is 6.54 Å². The fraction of sp³-hybridized carbons (Fsp3) is 0.571. The average Bonchev–Trinajstić information content (AvgIpc) is 2.48.